The van der Waals surface area contributed by atoms with Crippen molar-refractivity contribution in [2.45, 2.75) is 70.4 Å². The van der Waals surface area contributed by atoms with Crippen LogP contribution in [0.1, 0.15) is 46.5 Å². The monoisotopic (exact) mass is 350 g/mol. The molecule has 6 nitrogen and oxygen atoms in total. The molecule has 2 heterocycles. The molecule has 6 heteroatoms. The summed E-state index contributed by atoms with van der Waals surface area (Å²) in [6.45, 7) is 5.38. The number of ether oxygens (including phenoxy) is 3. The van der Waals surface area contributed by atoms with E-state index in [2.05, 4.69) is 6.08 Å². The van der Waals surface area contributed by atoms with Crippen LogP contribution in [-0.2, 0) is 23.8 Å². The minimum absolute atomic E-state index is 0.104. The summed E-state index contributed by atoms with van der Waals surface area (Å²) in [7, 11) is 0. The van der Waals surface area contributed by atoms with E-state index in [1.807, 2.05) is 6.92 Å². The Morgan fingerprint density at radius 3 is 2.92 bits per heavy atom. The molecule has 0 aromatic rings. The van der Waals surface area contributed by atoms with Gasteiger partial charge in [0.25, 0.3) is 0 Å². The van der Waals surface area contributed by atoms with Gasteiger partial charge >= 0.3 is 11.9 Å². The molecule has 0 unspecified atom stereocenters. The third kappa shape index (κ3) is 3.51. The van der Waals surface area contributed by atoms with E-state index in [1.54, 1.807) is 19.9 Å². The Hall–Kier alpha value is -1.66. The molecular weight excluding hydrogens is 324 g/mol. The molecule has 0 amide bonds. The highest BCUT2D eigenvalue weighted by atomic mass is 16.7. The molecule has 2 aliphatic heterocycles. The highest BCUT2D eigenvalue weighted by Crippen LogP contribution is 2.49. The molecule has 3 rings (SSSR count). The molecule has 25 heavy (non-hydrogen) atoms. The van der Waals surface area contributed by atoms with Crippen LogP contribution in [-0.4, -0.2) is 47.6 Å². The van der Waals surface area contributed by atoms with Crippen molar-refractivity contribution in [3.8, 4) is 0 Å². The normalized spacial score (nSPS) is 40.2. The fraction of sp³-hybridized carbons (Fsp3) is 0.684. The number of rotatable bonds is 3. The summed E-state index contributed by atoms with van der Waals surface area (Å²) in [6, 6.07) is 0. The van der Waals surface area contributed by atoms with Crippen LogP contribution in [0.4, 0.5) is 0 Å². The van der Waals surface area contributed by atoms with Crippen molar-refractivity contribution in [2.75, 3.05) is 6.61 Å². The third-order valence-corrected chi connectivity index (χ3v) is 5.56. The molecule has 0 saturated carbocycles. The van der Waals surface area contributed by atoms with Crippen molar-refractivity contribution in [3.63, 3.8) is 0 Å². The van der Waals surface area contributed by atoms with Crippen molar-refractivity contribution in [1.29, 1.82) is 0 Å². The molecule has 1 N–H and O–H groups in total. The second kappa shape index (κ2) is 6.92. The Labute approximate surface area is 147 Å². The van der Waals surface area contributed by atoms with Crippen molar-refractivity contribution in [1.82, 2.24) is 0 Å². The Bertz CT molecular complexity index is 621. The Kier molecular flexibility index (Phi) is 5.02. The first-order valence-corrected chi connectivity index (χ1v) is 8.88. The molecule has 0 aromatic heterocycles. The van der Waals surface area contributed by atoms with E-state index >= 15 is 0 Å². The first kappa shape index (κ1) is 18.1. The molecule has 0 bridgehead atoms. The maximum atomic E-state index is 12.3. The lowest BCUT2D eigenvalue weighted by Gasteiger charge is -2.28. The molecule has 0 radical (unpaired) electrons. The van der Waals surface area contributed by atoms with Crippen LogP contribution in [0.5, 0.6) is 0 Å². The van der Waals surface area contributed by atoms with Crippen molar-refractivity contribution in [2.24, 2.45) is 5.92 Å². The number of aliphatic hydroxyl groups is 1. The molecule has 2 fully saturated rings. The Morgan fingerprint density at radius 1 is 1.48 bits per heavy atom. The van der Waals surface area contributed by atoms with Gasteiger partial charge in [0.2, 0.25) is 0 Å². The van der Waals surface area contributed by atoms with E-state index in [0.717, 1.165) is 12.0 Å². The first-order chi connectivity index (χ1) is 11.9. The molecule has 2 saturated heterocycles. The van der Waals surface area contributed by atoms with Crippen molar-refractivity contribution >= 4 is 11.9 Å². The zero-order valence-corrected chi connectivity index (χ0v) is 15.0. The van der Waals surface area contributed by atoms with Gasteiger partial charge in [0.1, 0.15) is 23.9 Å². The molecule has 0 aromatic carbocycles. The van der Waals surface area contributed by atoms with E-state index in [0.29, 0.717) is 18.4 Å². The number of allylic oxidation sites excluding steroid dienone is 2. The van der Waals surface area contributed by atoms with Crippen LogP contribution < -0.4 is 0 Å². The zero-order chi connectivity index (χ0) is 18.2. The van der Waals surface area contributed by atoms with Crippen LogP contribution in [0.3, 0.4) is 0 Å². The van der Waals surface area contributed by atoms with Crippen LogP contribution in [0.15, 0.2) is 23.3 Å². The summed E-state index contributed by atoms with van der Waals surface area (Å²) >= 11 is 0. The average Bonchev–Trinajstić information content (AvgIpc) is 3.18. The lowest BCUT2D eigenvalue weighted by molar-refractivity contribution is -0.148. The molecular formula is C19H26O6. The predicted molar refractivity (Wildman–Crippen MR) is 89.6 cm³/mol. The molecule has 3 aliphatic rings. The topological polar surface area (TPSA) is 85.4 Å². The van der Waals surface area contributed by atoms with E-state index in [9.17, 15) is 14.7 Å². The maximum Gasteiger partial charge on any atom is 0.333 e. The van der Waals surface area contributed by atoms with Gasteiger partial charge in [-0.2, -0.15) is 0 Å². The SMILES string of the molecule is C/C=C(/C)C(=O)O[C@@H]1C/C(C)=C/CC[C@@]2(CO)O[C@H]2[C@H]2OC(=O)C[C@@H]21. The van der Waals surface area contributed by atoms with Crippen LogP contribution in [0.25, 0.3) is 0 Å². The number of epoxide rings is 1. The standard InChI is InChI=1S/C19H26O6/c1-4-12(3)18(22)23-14-8-11(2)6-5-7-19(10-20)17(25-19)16-13(14)9-15(21)24-16/h4,6,13-14,16-17,20H,5,7-10H2,1-3H3/b11-6+,12-4-/t13-,14-,16+,17+,19+/m1/s1. The van der Waals surface area contributed by atoms with E-state index < -0.39 is 17.8 Å². The summed E-state index contributed by atoms with van der Waals surface area (Å²) in [4.78, 5) is 24.2. The van der Waals surface area contributed by atoms with Gasteiger partial charge in [-0.15, -0.1) is 0 Å². The summed E-state index contributed by atoms with van der Waals surface area (Å²) in [6.07, 6.45) is 4.77. The predicted octanol–water partition coefficient (Wildman–Crippen LogP) is 2.06. The Morgan fingerprint density at radius 2 is 2.24 bits per heavy atom. The third-order valence-electron chi connectivity index (χ3n) is 5.56. The fourth-order valence-electron chi connectivity index (χ4n) is 3.81. The average molecular weight is 350 g/mol. The van der Waals surface area contributed by atoms with Crippen LogP contribution in [0.2, 0.25) is 0 Å². The quantitative estimate of drug-likeness (QED) is 0.363. The van der Waals surface area contributed by atoms with Gasteiger partial charge in [-0.25, -0.2) is 4.79 Å². The number of carbonyl (C=O) groups is 2. The van der Waals surface area contributed by atoms with Gasteiger partial charge in [-0.3, -0.25) is 4.79 Å². The maximum absolute atomic E-state index is 12.3. The number of hydrogen-bond donors (Lipinski definition) is 1. The van der Waals surface area contributed by atoms with E-state index in [4.69, 9.17) is 14.2 Å². The van der Waals surface area contributed by atoms with Gasteiger partial charge in [-0.1, -0.05) is 17.7 Å². The zero-order valence-electron chi connectivity index (χ0n) is 15.0. The van der Waals surface area contributed by atoms with Gasteiger partial charge in [0.05, 0.1) is 13.0 Å². The minimum atomic E-state index is -0.643. The molecule has 5 atom stereocenters. The molecule has 1 aliphatic carbocycles. The fourth-order valence-corrected chi connectivity index (χ4v) is 3.81. The van der Waals surface area contributed by atoms with Gasteiger partial charge in [0.15, 0.2) is 0 Å². The first-order valence-electron chi connectivity index (χ1n) is 8.88. The second-order valence-corrected chi connectivity index (χ2v) is 7.29. The second-order valence-electron chi connectivity index (χ2n) is 7.29. The van der Waals surface area contributed by atoms with Crippen LogP contribution in [0, 0.1) is 5.92 Å². The highest BCUT2D eigenvalue weighted by Gasteiger charge is 2.64. The van der Waals surface area contributed by atoms with Crippen molar-refractivity contribution in [3.05, 3.63) is 23.3 Å². The molecule has 0 spiro atoms. The van der Waals surface area contributed by atoms with Crippen molar-refractivity contribution < 1.29 is 28.9 Å². The van der Waals surface area contributed by atoms with Crippen LogP contribution >= 0.6 is 0 Å². The largest absolute Gasteiger partial charge is 0.459 e. The van der Waals surface area contributed by atoms with Gasteiger partial charge < -0.3 is 19.3 Å². The summed E-state index contributed by atoms with van der Waals surface area (Å²) in [5.74, 6) is -0.941. The number of carbonyl (C=O) groups excluding carboxylic acids is 2. The summed E-state index contributed by atoms with van der Waals surface area (Å²) < 4.78 is 17.1. The van der Waals surface area contributed by atoms with Gasteiger partial charge in [0, 0.05) is 17.9 Å². The number of aliphatic hydroxyl groups excluding tert-OH is 1. The number of esters is 2. The smallest absolute Gasteiger partial charge is 0.333 e. The lowest BCUT2D eigenvalue weighted by Crippen LogP contribution is -2.39. The number of fused-ring (bicyclic) bond motifs is 3. The summed E-state index contributed by atoms with van der Waals surface area (Å²) in [5, 5.41) is 9.76. The number of hydrogen-bond acceptors (Lipinski definition) is 6. The van der Waals surface area contributed by atoms with Gasteiger partial charge in [-0.05, 0) is 33.6 Å². The lowest BCUT2D eigenvalue weighted by atomic mass is 9.83. The molecule has 138 valence electrons. The summed E-state index contributed by atoms with van der Waals surface area (Å²) in [5.41, 5.74) is 0.990. The Balaban J connectivity index is 1.88. The highest BCUT2D eigenvalue weighted by molar-refractivity contribution is 5.87. The van der Waals surface area contributed by atoms with E-state index in [-0.39, 0.29) is 37.0 Å². The minimum Gasteiger partial charge on any atom is -0.459 e. The van der Waals surface area contributed by atoms with E-state index in [1.165, 1.54) is 0 Å².